The van der Waals surface area contributed by atoms with Crippen LogP contribution < -0.4 is 20.9 Å². The molecule has 2 heterocycles. The van der Waals surface area contributed by atoms with E-state index in [1.807, 2.05) is 0 Å². The van der Waals surface area contributed by atoms with Gasteiger partial charge in [-0.3, -0.25) is 0 Å². The fourth-order valence-electron chi connectivity index (χ4n) is 2.17. The second-order valence-electron chi connectivity index (χ2n) is 5.06. The molecule has 1 aliphatic rings. The maximum atomic E-state index is 5.41. The zero-order valence-electron chi connectivity index (χ0n) is 10.5. The Morgan fingerprint density at radius 2 is 2.24 bits per heavy atom. The van der Waals surface area contributed by atoms with Crippen LogP contribution >= 0.6 is 0 Å². The predicted octanol–water partition coefficient (Wildman–Crippen LogP) is 1.01. The lowest BCUT2D eigenvalue weighted by Crippen LogP contribution is -2.25. The lowest BCUT2D eigenvalue weighted by Gasteiger charge is -2.22. The second kappa shape index (κ2) is 4.37. The number of nitrogens with zero attached hydrogens (tertiary/aromatic N) is 3. The van der Waals surface area contributed by atoms with Crippen LogP contribution in [0.2, 0.25) is 0 Å². The van der Waals surface area contributed by atoms with E-state index in [0.717, 1.165) is 25.3 Å². The number of rotatable bonds is 3. The molecule has 0 atom stereocenters. The van der Waals surface area contributed by atoms with E-state index in [-0.39, 0.29) is 0 Å². The maximum Gasteiger partial charge on any atom is 0.205 e. The van der Waals surface area contributed by atoms with Crippen molar-refractivity contribution in [2.75, 3.05) is 30.5 Å². The molecule has 0 bridgehead atoms. The highest BCUT2D eigenvalue weighted by atomic mass is 16.5. The third-order valence-electron chi connectivity index (χ3n) is 3.10. The fourth-order valence-corrected chi connectivity index (χ4v) is 2.17. The van der Waals surface area contributed by atoms with Crippen LogP contribution in [0, 0.1) is 5.41 Å². The van der Waals surface area contributed by atoms with Crippen LogP contribution in [0.1, 0.15) is 20.3 Å². The molecule has 0 aromatic carbocycles. The van der Waals surface area contributed by atoms with E-state index in [1.165, 1.54) is 6.33 Å². The van der Waals surface area contributed by atoms with Crippen molar-refractivity contribution in [1.29, 1.82) is 0 Å². The van der Waals surface area contributed by atoms with Gasteiger partial charge < -0.3 is 15.1 Å². The summed E-state index contributed by atoms with van der Waals surface area (Å²) in [6.07, 6.45) is 2.64. The number of aromatic nitrogens is 2. The highest BCUT2D eigenvalue weighted by Crippen LogP contribution is 2.37. The molecule has 94 valence electrons. The van der Waals surface area contributed by atoms with E-state index >= 15 is 0 Å². The van der Waals surface area contributed by atoms with Gasteiger partial charge in [-0.2, -0.15) is 0 Å². The third-order valence-corrected chi connectivity index (χ3v) is 3.10. The van der Waals surface area contributed by atoms with Crippen molar-refractivity contribution in [1.82, 2.24) is 9.97 Å². The van der Waals surface area contributed by atoms with E-state index in [9.17, 15) is 0 Å². The minimum absolute atomic E-state index is 0.312. The van der Waals surface area contributed by atoms with Crippen LogP contribution in [0.15, 0.2) is 6.33 Å². The number of nitrogens with two attached hydrogens (primary N) is 1. The number of hydrazine groups is 1. The molecule has 0 unspecified atom stereocenters. The number of nitrogen functional groups attached to an aromatic ring is 1. The molecule has 6 heteroatoms. The molecule has 0 saturated carbocycles. The summed E-state index contributed by atoms with van der Waals surface area (Å²) in [4.78, 5) is 10.5. The second-order valence-corrected chi connectivity index (χ2v) is 5.06. The van der Waals surface area contributed by atoms with Gasteiger partial charge in [-0.15, -0.1) is 0 Å². The Bertz CT molecular complexity index is 407. The summed E-state index contributed by atoms with van der Waals surface area (Å²) in [6, 6.07) is 0. The smallest absolute Gasteiger partial charge is 0.205 e. The van der Waals surface area contributed by atoms with Gasteiger partial charge in [0.15, 0.2) is 11.6 Å². The maximum absolute atomic E-state index is 5.41. The molecular formula is C11H19N5O. The average Bonchev–Trinajstić information content (AvgIpc) is 2.68. The van der Waals surface area contributed by atoms with E-state index < -0.39 is 0 Å². The summed E-state index contributed by atoms with van der Waals surface area (Å²) >= 11 is 0. The molecule has 1 aliphatic heterocycles. The molecule has 1 fully saturated rings. The highest BCUT2D eigenvalue weighted by Gasteiger charge is 2.32. The van der Waals surface area contributed by atoms with Crippen molar-refractivity contribution in [2.24, 2.45) is 11.3 Å². The Morgan fingerprint density at radius 3 is 2.76 bits per heavy atom. The molecule has 1 saturated heterocycles. The van der Waals surface area contributed by atoms with Crippen LogP contribution in [-0.4, -0.2) is 30.2 Å². The third kappa shape index (κ3) is 2.26. The van der Waals surface area contributed by atoms with Crippen molar-refractivity contribution < 1.29 is 4.74 Å². The molecule has 0 radical (unpaired) electrons. The lowest BCUT2D eigenvalue weighted by atomic mass is 9.93. The van der Waals surface area contributed by atoms with Gasteiger partial charge in [0.05, 0.1) is 7.11 Å². The van der Waals surface area contributed by atoms with Gasteiger partial charge in [-0.1, -0.05) is 13.8 Å². The number of hydrogen-bond donors (Lipinski definition) is 2. The van der Waals surface area contributed by atoms with Gasteiger partial charge in [-0.05, 0) is 11.8 Å². The predicted molar refractivity (Wildman–Crippen MR) is 67.0 cm³/mol. The summed E-state index contributed by atoms with van der Waals surface area (Å²) in [6.45, 7) is 6.44. The van der Waals surface area contributed by atoms with Gasteiger partial charge in [-0.25, -0.2) is 15.8 Å². The number of methoxy groups -OCH3 is 1. The first-order chi connectivity index (χ1) is 8.07. The normalized spacial score (nSPS) is 18.2. The molecule has 0 spiro atoms. The first-order valence-electron chi connectivity index (χ1n) is 5.68. The van der Waals surface area contributed by atoms with Crippen LogP contribution in [0.3, 0.4) is 0 Å². The fraction of sp³-hybridized carbons (Fsp3) is 0.636. The number of nitrogens with one attached hydrogen (secondary N) is 1. The molecule has 2 rings (SSSR count). The largest absolute Gasteiger partial charge is 0.490 e. The summed E-state index contributed by atoms with van der Waals surface area (Å²) in [5.41, 5.74) is 2.84. The molecule has 0 amide bonds. The monoisotopic (exact) mass is 237 g/mol. The molecular weight excluding hydrogens is 218 g/mol. The average molecular weight is 237 g/mol. The van der Waals surface area contributed by atoms with E-state index in [2.05, 4.69) is 34.1 Å². The Labute approximate surface area is 101 Å². The molecule has 17 heavy (non-hydrogen) atoms. The van der Waals surface area contributed by atoms with Crippen LogP contribution in [-0.2, 0) is 0 Å². The number of hydrogen-bond acceptors (Lipinski definition) is 6. The SMILES string of the molecule is COc1c(NN)ncnc1N1CCC(C)(C)C1. The van der Waals surface area contributed by atoms with Crippen molar-refractivity contribution in [3.63, 3.8) is 0 Å². The van der Waals surface area contributed by atoms with Crippen LogP contribution in [0.25, 0.3) is 0 Å². The Hall–Kier alpha value is -1.56. The summed E-state index contributed by atoms with van der Waals surface area (Å²) in [5.74, 6) is 7.34. The van der Waals surface area contributed by atoms with Gasteiger partial charge in [0.25, 0.3) is 0 Å². The van der Waals surface area contributed by atoms with Gasteiger partial charge in [0.1, 0.15) is 6.33 Å². The van der Waals surface area contributed by atoms with Gasteiger partial charge in [0.2, 0.25) is 5.75 Å². The number of anilines is 2. The summed E-state index contributed by atoms with van der Waals surface area (Å²) in [5, 5.41) is 0. The Kier molecular flexibility index (Phi) is 3.06. The Morgan fingerprint density at radius 1 is 1.47 bits per heavy atom. The minimum Gasteiger partial charge on any atom is -0.490 e. The van der Waals surface area contributed by atoms with E-state index in [1.54, 1.807) is 7.11 Å². The van der Waals surface area contributed by atoms with E-state index in [4.69, 9.17) is 10.6 Å². The van der Waals surface area contributed by atoms with Crippen molar-refractivity contribution in [3.8, 4) is 5.75 Å². The molecule has 6 nitrogen and oxygen atoms in total. The van der Waals surface area contributed by atoms with Crippen molar-refractivity contribution in [2.45, 2.75) is 20.3 Å². The zero-order chi connectivity index (χ0) is 12.5. The molecule has 1 aromatic rings. The summed E-state index contributed by atoms with van der Waals surface area (Å²) in [7, 11) is 1.60. The van der Waals surface area contributed by atoms with Crippen molar-refractivity contribution in [3.05, 3.63) is 6.33 Å². The summed E-state index contributed by atoms with van der Waals surface area (Å²) < 4.78 is 5.34. The minimum atomic E-state index is 0.312. The molecule has 1 aromatic heterocycles. The zero-order valence-corrected chi connectivity index (χ0v) is 10.5. The van der Waals surface area contributed by atoms with Gasteiger partial charge >= 0.3 is 0 Å². The molecule has 0 aliphatic carbocycles. The standard InChI is InChI=1S/C11H19N5O/c1-11(2)4-5-16(6-11)10-8(17-3)9(15-12)13-7-14-10/h7H,4-6,12H2,1-3H3,(H,13,14,15). The van der Waals surface area contributed by atoms with Crippen LogP contribution in [0.5, 0.6) is 5.75 Å². The van der Waals surface area contributed by atoms with Crippen LogP contribution in [0.4, 0.5) is 11.6 Å². The first-order valence-corrected chi connectivity index (χ1v) is 5.68. The first kappa shape index (κ1) is 11.9. The number of ether oxygens (including phenoxy) is 1. The van der Waals surface area contributed by atoms with Gasteiger partial charge in [0, 0.05) is 13.1 Å². The lowest BCUT2D eigenvalue weighted by molar-refractivity contribution is 0.407. The topological polar surface area (TPSA) is 76.3 Å². The van der Waals surface area contributed by atoms with E-state index in [0.29, 0.717) is 17.0 Å². The Balaban J connectivity index is 2.33. The van der Waals surface area contributed by atoms with Crippen molar-refractivity contribution >= 4 is 11.6 Å². The highest BCUT2D eigenvalue weighted by molar-refractivity contribution is 5.64. The quantitative estimate of drug-likeness (QED) is 0.603. The molecule has 3 N–H and O–H groups in total.